The van der Waals surface area contributed by atoms with Crippen molar-refractivity contribution in [2.24, 2.45) is 21.7 Å². The van der Waals surface area contributed by atoms with Gasteiger partial charge in [-0.3, -0.25) is 38.4 Å². The van der Waals surface area contributed by atoms with Crippen molar-refractivity contribution in [2.45, 2.75) is 180 Å². The molecule has 12 atom stereocenters. The molecule has 12 bridgehead atoms. The number of carboxylic acids is 1. The van der Waals surface area contributed by atoms with Crippen LogP contribution in [-0.4, -0.2) is 198 Å². The smallest absolute Gasteiger partial charge is 0.434 e. The average molecular weight is 1540 g/mol. The molecule has 7 aliphatic heterocycles. The van der Waals surface area contributed by atoms with E-state index < -0.39 is 142 Å². The summed E-state index contributed by atoms with van der Waals surface area (Å²) in [5.41, 5.74) is 1.94. The first-order valence-corrected chi connectivity index (χ1v) is 38.1. The molecular weight excluding hydrogens is 1450 g/mol. The van der Waals surface area contributed by atoms with Crippen LogP contribution in [0.3, 0.4) is 0 Å². The van der Waals surface area contributed by atoms with Gasteiger partial charge in [0.15, 0.2) is 5.78 Å². The van der Waals surface area contributed by atoms with Crippen LogP contribution in [0, 0.1) is 16.7 Å². The molecule has 2 saturated heterocycles. The quantitative estimate of drug-likeness (QED) is 0.0629. The van der Waals surface area contributed by atoms with Crippen molar-refractivity contribution in [3.63, 3.8) is 0 Å². The van der Waals surface area contributed by atoms with E-state index in [-0.39, 0.29) is 77.9 Å². The molecule has 30 nitrogen and oxygen atoms in total. The number of cyclic esters (lactones) is 1. The van der Waals surface area contributed by atoms with Gasteiger partial charge in [0.05, 0.1) is 48.3 Å². The number of Topliss-reactive ketones (excluding diaryl/α,β-unsaturated/α-hetero) is 1. The molecule has 0 spiro atoms. The summed E-state index contributed by atoms with van der Waals surface area (Å²) in [7, 11) is 3.24. The number of carbonyl (C=O) groups is 10. The molecule has 8 aromatic rings. The third-order valence-electron chi connectivity index (χ3n) is 21.5. The minimum atomic E-state index is -1.51. The normalized spacial score (nSPS) is 22.1. The molecule has 2 aromatic heterocycles. The lowest BCUT2D eigenvalue weighted by Gasteiger charge is -2.36. The van der Waals surface area contributed by atoms with Gasteiger partial charge in [-0.15, -0.1) is 10.2 Å². The zero-order chi connectivity index (χ0) is 80.6. The molecule has 594 valence electrons. The number of hydrogen-bond donors (Lipinski definition) is 8. The summed E-state index contributed by atoms with van der Waals surface area (Å²) in [6.07, 6.45) is 2.20. The number of aromatic nitrogens is 6. The first-order valence-electron chi connectivity index (χ1n) is 38.1. The number of ether oxygens (including phenoxy) is 3. The highest BCUT2D eigenvalue weighted by atomic mass is 16.6. The monoisotopic (exact) mass is 1540 g/mol. The van der Waals surface area contributed by atoms with Crippen LogP contribution >= 0.6 is 0 Å². The number of amides is 8. The van der Waals surface area contributed by atoms with E-state index in [1.807, 2.05) is 118 Å². The third kappa shape index (κ3) is 19.8. The number of likely N-dealkylation sites (N-methyl/N-ethyl adjacent to an activating group) is 2. The largest absolute Gasteiger partial charge is 0.487 e. The summed E-state index contributed by atoms with van der Waals surface area (Å²) >= 11 is 0. The maximum absolute atomic E-state index is 15.5. The van der Waals surface area contributed by atoms with Gasteiger partial charge in [0.1, 0.15) is 79.0 Å². The van der Waals surface area contributed by atoms with Gasteiger partial charge >= 0.3 is 12.1 Å². The van der Waals surface area contributed by atoms with Crippen LogP contribution in [0.4, 0.5) is 4.79 Å². The van der Waals surface area contributed by atoms with Crippen LogP contribution in [-0.2, 0) is 86.8 Å². The van der Waals surface area contributed by atoms with Crippen LogP contribution in [0.15, 0.2) is 151 Å². The minimum absolute atomic E-state index is 0.00782. The lowest BCUT2D eigenvalue weighted by Crippen LogP contribution is -2.60. The van der Waals surface area contributed by atoms with Crippen molar-refractivity contribution in [1.29, 1.82) is 0 Å². The summed E-state index contributed by atoms with van der Waals surface area (Å²) in [4.78, 5) is 152. The molecule has 1 unspecified atom stereocenters. The lowest BCUT2D eigenvalue weighted by molar-refractivity contribution is -0.145. The number of benzene rings is 6. The Bertz CT molecular complexity index is 4890. The van der Waals surface area contributed by atoms with Gasteiger partial charge in [0.25, 0.3) is 0 Å². The Kier molecular flexibility index (Phi) is 24.9. The number of carbonyl (C=O) groups excluding carboxylic acids is 9. The number of nitrogens with one attached hydrogen (secondary N) is 7. The summed E-state index contributed by atoms with van der Waals surface area (Å²) < 4.78 is 20.9. The molecule has 113 heavy (non-hydrogen) atoms. The average Bonchev–Trinajstić information content (AvgIpc) is 1.65. The summed E-state index contributed by atoms with van der Waals surface area (Å²) in [5, 5.41) is 52.7. The Balaban J connectivity index is 0.881. The van der Waals surface area contributed by atoms with Gasteiger partial charge < -0.3 is 66.3 Å². The second-order valence-electron chi connectivity index (χ2n) is 31.9. The molecular formula is C83H98N16O14. The van der Waals surface area contributed by atoms with E-state index in [1.165, 1.54) is 9.80 Å². The molecule has 2 fully saturated rings. The molecule has 30 heteroatoms. The second kappa shape index (κ2) is 34.9. The Hall–Kier alpha value is -11.8. The zero-order valence-corrected chi connectivity index (χ0v) is 65.0. The third-order valence-corrected chi connectivity index (χ3v) is 21.5. The number of aliphatic carboxylic acids is 1. The van der Waals surface area contributed by atoms with E-state index in [0.29, 0.717) is 39.7 Å². The van der Waals surface area contributed by atoms with Gasteiger partial charge in [0, 0.05) is 51.1 Å². The van der Waals surface area contributed by atoms with Crippen molar-refractivity contribution >= 4 is 86.5 Å². The number of likely N-dealkylation sites (tertiary alicyclic amines) is 2. The molecule has 7 aliphatic rings. The van der Waals surface area contributed by atoms with E-state index in [9.17, 15) is 29.1 Å². The van der Waals surface area contributed by atoms with Crippen LogP contribution in [0.2, 0.25) is 0 Å². The standard InChI is InChI=1S/C83H98N16O14/c1-47(84-9)73(101)90-71(82(3,4)5)78(106)96-42-60-38-68(96)76(104)86-64(35-51-19-25-53-15-11-13-17-55(53)32-51)70(100)37-57(67-46-113-81(110)89-67)31-49-21-27-62(28-22-49)111-44-58-41-99(95-92-58)61-39-69(97(43-61)79(107)72(83(6,7)8)91-74(102)48(2)85-10)77(105)87-65(36-52-20-26-54-16-12-14-18-56(54)33-52)75(103)88-66(80(108)109)34-50-23-29-63(30-24-50)112-45-59-40-98(60)94-93-59/h11-30,32-33,40-41,47-48,57,60-61,64-66,68-69,71-72,84-85H,31,34-39,42-46H2,1-10H3,(H,86,104)(H,87,105)(H,88,103)(H,90,101)(H,91,102)(H,108,109)/t47-,48-,57+,60-,61-,64-,65-,66-,68-,69-,71?,72+/m0/s1. The fourth-order valence-corrected chi connectivity index (χ4v) is 14.7. The first-order chi connectivity index (χ1) is 53.9. The molecule has 15 rings (SSSR count). The van der Waals surface area contributed by atoms with E-state index >= 15 is 24.0 Å². The summed E-state index contributed by atoms with van der Waals surface area (Å²) in [5.74, 6) is -5.84. The number of fused-ring (bicyclic) bond motifs is 2. The van der Waals surface area contributed by atoms with Gasteiger partial charge in [0.2, 0.25) is 41.4 Å². The molecule has 0 radical (unpaired) electrons. The Morgan fingerprint density at radius 1 is 0.531 bits per heavy atom. The molecule has 8 N–H and O–H groups in total. The molecule has 8 amide bonds. The highest BCUT2D eigenvalue weighted by Crippen LogP contribution is 2.35. The fraction of sp³-hybridized carbons (Fsp3) is 0.434. The van der Waals surface area contributed by atoms with E-state index in [4.69, 9.17) is 14.2 Å². The van der Waals surface area contributed by atoms with Gasteiger partial charge in [-0.2, -0.15) is 4.99 Å². The predicted octanol–water partition coefficient (Wildman–Crippen LogP) is 5.89. The van der Waals surface area contributed by atoms with E-state index in [0.717, 1.165) is 32.7 Å². The minimum Gasteiger partial charge on any atom is -0.487 e. The molecule has 9 heterocycles. The van der Waals surface area contributed by atoms with E-state index in [2.05, 4.69) is 62.8 Å². The number of aliphatic imine (C=N–C) groups is 1. The number of hydrogen-bond acceptors (Lipinski definition) is 19. The maximum Gasteiger partial charge on any atom is 0.434 e. The number of nitrogens with zero attached hydrogens (tertiary/aromatic N) is 9. The summed E-state index contributed by atoms with van der Waals surface area (Å²) in [6.45, 7) is 13.6. The molecule has 0 aliphatic carbocycles. The molecule has 0 saturated carbocycles. The van der Waals surface area contributed by atoms with Crippen LogP contribution in [0.1, 0.15) is 120 Å². The summed E-state index contributed by atoms with van der Waals surface area (Å²) in [6, 6.07) is 28.9. The van der Waals surface area contributed by atoms with Crippen molar-refractivity contribution in [3.05, 3.63) is 179 Å². The van der Waals surface area contributed by atoms with Gasteiger partial charge in [-0.1, -0.05) is 161 Å². The number of rotatable bonds is 14. The Morgan fingerprint density at radius 3 is 1.41 bits per heavy atom. The maximum atomic E-state index is 15.5. The van der Waals surface area contributed by atoms with Crippen molar-refractivity contribution < 1.29 is 67.3 Å². The van der Waals surface area contributed by atoms with Crippen LogP contribution in [0.5, 0.6) is 11.5 Å². The number of carboxylic acid groups (broad SMARTS) is 1. The Labute approximate surface area is 654 Å². The van der Waals surface area contributed by atoms with Crippen LogP contribution < -0.4 is 46.7 Å². The van der Waals surface area contributed by atoms with Gasteiger partial charge in [-0.05, 0) is 120 Å². The topological polar surface area (TPSA) is 383 Å². The van der Waals surface area contributed by atoms with Crippen molar-refractivity contribution in [2.75, 3.05) is 33.8 Å². The Morgan fingerprint density at radius 2 is 0.973 bits per heavy atom. The van der Waals surface area contributed by atoms with Crippen molar-refractivity contribution in [1.82, 2.24) is 77.0 Å². The SMILES string of the molecule is CN[C@@H](C)C(=O)NC(C(=O)N1C[C@@H]2C[C@H]1C(=O)N[C@@H](Cc1ccc3ccccc3c1)C(=O)C[C@H](C1=NC(=O)OC1)Cc1ccc(cc1)OCc1cn(nn1)[C@H]1C[C@@H](C(=O)N[C@@H](Cc3ccc4ccccc4c3)C(=O)N[C@H](C(=O)O)Cc3ccc(cc3)OCc3cn2nn3)N(C(=O)[C@@H](NC(=O)[C@H](C)NC)C(C)(C)C)C1)C(C)(C)C. The van der Waals surface area contributed by atoms with Crippen LogP contribution in [0.25, 0.3) is 21.5 Å². The fourth-order valence-electron chi connectivity index (χ4n) is 14.7. The highest BCUT2D eigenvalue weighted by molar-refractivity contribution is 6.03. The number of ketones is 1. The second-order valence-corrected chi connectivity index (χ2v) is 31.9. The predicted molar refractivity (Wildman–Crippen MR) is 418 cm³/mol. The van der Waals surface area contributed by atoms with Crippen molar-refractivity contribution in [3.8, 4) is 11.5 Å². The van der Waals surface area contributed by atoms with E-state index in [1.54, 1.807) is 107 Å². The van der Waals surface area contributed by atoms with Gasteiger partial charge in [-0.25, -0.2) is 19.0 Å². The zero-order valence-electron chi connectivity index (χ0n) is 65.0. The highest BCUT2D eigenvalue weighted by Gasteiger charge is 2.49. The lowest BCUT2D eigenvalue weighted by atomic mass is 9.85. The first kappa shape index (κ1) is 80.7. The molecule has 6 aromatic carbocycles.